The van der Waals surface area contributed by atoms with Crippen molar-refractivity contribution in [1.82, 2.24) is 14.9 Å². The van der Waals surface area contributed by atoms with Gasteiger partial charge in [-0.15, -0.1) is 0 Å². The molecule has 7 nitrogen and oxygen atoms in total. The van der Waals surface area contributed by atoms with E-state index < -0.39 is 15.3 Å². The lowest BCUT2D eigenvalue weighted by Crippen LogP contribution is -2.39. The van der Waals surface area contributed by atoms with Gasteiger partial charge in [-0.25, -0.2) is 13.1 Å². The fourth-order valence-electron chi connectivity index (χ4n) is 2.63. The number of benzene rings is 1. The molecule has 1 unspecified atom stereocenters. The average molecular weight is 336 g/mol. The zero-order valence-corrected chi connectivity index (χ0v) is 14.0. The molecule has 1 aromatic carbocycles. The van der Waals surface area contributed by atoms with E-state index in [0.29, 0.717) is 31.3 Å². The van der Waals surface area contributed by atoms with Crippen LogP contribution in [0.5, 0.6) is 0 Å². The van der Waals surface area contributed by atoms with Crippen molar-refractivity contribution >= 4 is 16.0 Å². The Morgan fingerprint density at radius 3 is 2.74 bits per heavy atom. The Morgan fingerprint density at radius 2 is 2.04 bits per heavy atom. The maximum Gasteiger partial charge on any atom is 0.266 e. The highest BCUT2D eigenvalue weighted by Crippen LogP contribution is 2.24. The highest BCUT2D eigenvalue weighted by Gasteiger charge is 2.35. The number of anilines is 1. The van der Waals surface area contributed by atoms with Crippen LogP contribution in [0.4, 0.5) is 5.95 Å². The zero-order chi connectivity index (χ0) is 16.4. The van der Waals surface area contributed by atoms with Crippen molar-refractivity contribution in [1.29, 1.82) is 0 Å². The molecule has 0 radical (unpaired) electrons. The molecule has 0 saturated carbocycles. The Morgan fingerprint density at radius 1 is 1.30 bits per heavy atom. The first-order valence-corrected chi connectivity index (χ1v) is 9.15. The lowest BCUT2D eigenvalue weighted by Gasteiger charge is -2.16. The van der Waals surface area contributed by atoms with Crippen LogP contribution >= 0.6 is 0 Å². The van der Waals surface area contributed by atoms with E-state index in [9.17, 15) is 8.42 Å². The molecule has 124 valence electrons. The molecule has 0 amide bonds. The van der Waals surface area contributed by atoms with Gasteiger partial charge in [-0.3, -0.25) is 0 Å². The predicted octanol–water partition coefficient (Wildman–Crippen LogP) is 1.64. The second-order valence-corrected chi connectivity index (χ2v) is 7.93. The Bertz CT molecular complexity index is 758. The molecule has 0 bridgehead atoms. The summed E-state index contributed by atoms with van der Waals surface area (Å²) in [7, 11) is -3.32. The second-order valence-electron chi connectivity index (χ2n) is 5.94. The van der Waals surface area contributed by atoms with Crippen LogP contribution in [0.25, 0.3) is 11.5 Å². The van der Waals surface area contributed by atoms with Crippen molar-refractivity contribution in [3.63, 3.8) is 0 Å². The summed E-state index contributed by atoms with van der Waals surface area (Å²) in [4.78, 5) is 6.22. The van der Waals surface area contributed by atoms with E-state index in [0.717, 1.165) is 5.56 Å². The first-order chi connectivity index (χ1) is 11.0. The Labute approximate surface area is 135 Å². The smallest absolute Gasteiger partial charge is 0.266 e. The van der Waals surface area contributed by atoms with Crippen molar-refractivity contribution in [3.8, 4) is 11.5 Å². The van der Waals surface area contributed by atoms with E-state index in [4.69, 9.17) is 4.52 Å². The van der Waals surface area contributed by atoms with E-state index in [2.05, 4.69) is 14.9 Å². The van der Waals surface area contributed by atoms with E-state index in [-0.39, 0.29) is 6.04 Å². The standard InChI is InChI=1S/C15H20N4O3S/c1-11(2)18-23(20,21)13-8-9-19(10-13)15-16-14(22-17-15)12-6-4-3-5-7-12/h3-7,11,13,18H,8-10H2,1-2H3. The molecule has 1 aliphatic rings. The molecule has 1 fully saturated rings. The Hall–Kier alpha value is -1.93. The summed E-state index contributed by atoms with van der Waals surface area (Å²) in [6, 6.07) is 9.38. The molecule has 2 heterocycles. The van der Waals surface area contributed by atoms with Gasteiger partial charge in [-0.05, 0) is 37.6 Å². The molecule has 0 spiro atoms. The number of sulfonamides is 1. The minimum Gasteiger partial charge on any atom is -0.337 e. The van der Waals surface area contributed by atoms with Gasteiger partial charge in [0.25, 0.3) is 11.8 Å². The Kier molecular flexibility index (Phi) is 4.36. The third kappa shape index (κ3) is 3.53. The third-order valence-electron chi connectivity index (χ3n) is 3.70. The van der Waals surface area contributed by atoms with Gasteiger partial charge < -0.3 is 9.42 Å². The maximum atomic E-state index is 12.2. The van der Waals surface area contributed by atoms with Crippen LogP contribution in [-0.4, -0.2) is 42.9 Å². The number of hydrogen-bond acceptors (Lipinski definition) is 6. The second kappa shape index (κ2) is 6.29. The van der Waals surface area contributed by atoms with E-state index in [1.807, 2.05) is 49.1 Å². The zero-order valence-electron chi connectivity index (χ0n) is 13.1. The SMILES string of the molecule is CC(C)NS(=O)(=O)C1CCN(c2noc(-c3ccccc3)n2)C1. The molecular formula is C15H20N4O3S. The van der Waals surface area contributed by atoms with Crippen molar-refractivity contribution < 1.29 is 12.9 Å². The molecule has 8 heteroatoms. The molecule has 1 atom stereocenters. The Balaban J connectivity index is 1.72. The number of hydrogen-bond donors (Lipinski definition) is 1. The summed E-state index contributed by atoms with van der Waals surface area (Å²) >= 11 is 0. The predicted molar refractivity (Wildman–Crippen MR) is 87.5 cm³/mol. The molecule has 2 aromatic rings. The molecule has 3 rings (SSSR count). The van der Waals surface area contributed by atoms with Gasteiger partial charge in [0.1, 0.15) is 0 Å². The molecule has 0 aliphatic carbocycles. The minimum absolute atomic E-state index is 0.107. The van der Waals surface area contributed by atoms with Crippen LogP contribution < -0.4 is 9.62 Å². The fraction of sp³-hybridized carbons (Fsp3) is 0.467. The summed E-state index contributed by atoms with van der Waals surface area (Å²) < 4.78 is 32.4. The summed E-state index contributed by atoms with van der Waals surface area (Å²) in [5, 5.41) is 3.52. The van der Waals surface area contributed by atoms with Crippen molar-refractivity contribution in [2.45, 2.75) is 31.6 Å². The molecule has 1 N–H and O–H groups in total. The summed E-state index contributed by atoms with van der Waals surface area (Å²) in [6.45, 7) is 4.60. The maximum absolute atomic E-state index is 12.2. The molecule has 1 aromatic heterocycles. The number of rotatable bonds is 5. The van der Waals surface area contributed by atoms with Gasteiger partial charge in [-0.1, -0.05) is 18.2 Å². The van der Waals surface area contributed by atoms with E-state index >= 15 is 0 Å². The monoisotopic (exact) mass is 336 g/mol. The van der Waals surface area contributed by atoms with Crippen LogP contribution in [0, 0.1) is 0 Å². The number of aromatic nitrogens is 2. The molecule has 1 aliphatic heterocycles. The topological polar surface area (TPSA) is 88.3 Å². The van der Waals surface area contributed by atoms with Crippen LogP contribution in [-0.2, 0) is 10.0 Å². The highest BCUT2D eigenvalue weighted by molar-refractivity contribution is 7.90. The van der Waals surface area contributed by atoms with Gasteiger partial charge in [0, 0.05) is 24.7 Å². The van der Waals surface area contributed by atoms with Crippen molar-refractivity contribution in [3.05, 3.63) is 30.3 Å². The molecular weight excluding hydrogens is 316 g/mol. The minimum atomic E-state index is -3.32. The number of nitrogens with zero attached hydrogens (tertiary/aromatic N) is 3. The van der Waals surface area contributed by atoms with Crippen LogP contribution in [0.3, 0.4) is 0 Å². The van der Waals surface area contributed by atoms with Gasteiger partial charge in [-0.2, -0.15) is 4.98 Å². The van der Waals surface area contributed by atoms with Crippen LogP contribution in [0.2, 0.25) is 0 Å². The molecule has 23 heavy (non-hydrogen) atoms. The van der Waals surface area contributed by atoms with Crippen LogP contribution in [0.1, 0.15) is 20.3 Å². The first-order valence-electron chi connectivity index (χ1n) is 7.61. The lowest BCUT2D eigenvalue weighted by molar-refractivity contribution is 0.430. The highest BCUT2D eigenvalue weighted by atomic mass is 32.2. The fourth-order valence-corrected chi connectivity index (χ4v) is 4.27. The molecule has 1 saturated heterocycles. The van der Waals surface area contributed by atoms with Gasteiger partial charge >= 0.3 is 0 Å². The van der Waals surface area contributed by atoms with Crippen molar-refractivity contribution in [2.75, 3.05) is 18.0 Å². The summed E-state index contributed by atoms with van der Waals surface area (Å²) in [5.41, 5.74) is 0.844. The first kappa shape index (κ1) is 15.9. The largest absolute Gasteiger partial charge is 0.337 e. The third-order valence-corrected chi connectivity index (χ3v) is 5.77. The van der Waals surface area contributed by atoms with E-state index in [1.54, 1.807) is 0 Å². The van der Waals surface area contributed by atoms with Gasteiger partial charge in [0.05, 0.1) is 5.25 Å². The van der Waals surface area contributed by atoms with Crippen LogP contribution in [0.15, 0.2) is 34.9 Å². The van der Waals surface area contributed by atoms with Gasteiger partial charge in [0.2, 0.25) is 10.0 Å². The lowest BCUT2D eigenvalue weighted by atomic mass is 10.2. The summed E-state index contributed by atoms with van der Waals surface area (Å²) in [6.07, 6.45) is 0.553. The van der Waals surface area contributed by atoms with E-state index in [1.165, 1.54) is 0 Å². The quantitative estimate of drug-likeness (QED) is 0.893. The van der Waals surface area contributed by atoms with Crippen molar-refractivity contribution in [2.24, 2.45) is 0 Å². The number of nitrogens with one attached hydrogen (secondary N) is 1. The summed E-state index contributed by atoms with van der Waals surface area (Å²) in [5.74, 6) is 0.873. The average Bonchev–Trinajstić information content (AvgIpc) is 3.16. The van der Waals surface area contributed by atoms with Gasteiger partial charge in [0.15, 0.2) is 0 Å². The normalized spacial score (nSPS) is 18.7.